The molecule has 0 saturated heterocycles. The van der Waals surface area contributed by atoms with Crippen LogP contribution in [0.25, 0.3) is 0 Å². The predicted octanol–water partition coefficient (Wildman–Crippen LogP) is 2.08. The molecule has 0 bridgehead atoms. The van der Waals surface area contributed by atoms with Crippen molar-refractivity contribution in [3.8, 4) is 0 Å². The largest absolute Gasteiger partial charge is 0.478 e. The fourth-order valence-electron chi connectivity index (χ4n) is 2.56. The Labute approximate surface area is 123 Å². The van der Waals surface area contributed by atoms with Gasteiger partial charge in [0.05, 0.1) is 5.56 Å². The molecule has 0 radical (unpaired) electrons. The van der Waals surface area contributed by atoms with Crippen molar-refractivity contribution in [2.75, 3.05) is 5.32 Å². The lowest BCUT2D eigenvalue weighted by Crippen LogP contribution is -2.50. The van der Waals surface area contributed by atoms with E-state index in [9.17, 15) is 9.59 Å². The summed E-state index contributed by atoms with van der Waals surface area (Å²) in [5, 5.41) is 14.6. The minimum Gasteiger partial charge on any atom is -0.478 e. The second kappa shape index (κ2) is 6.58. The predicted molar refractivity (Wildman–Crippen MR) is 80.5 cm³/mol. The number of carboxylic acid groups (broad SMARTS) is 1. The highest BCUT2D eigenvalue weighted by molar-refractivity contribution is 5.94. The standard InChI is InChI=1S/C15H21N3O3/c1-9-6-7-10(14(19)20)8-13(9)18-15(21)17-12-5-3-2-4-11(12)16/h6-8,11-12H,2-5,16H2,1H3,(H,19,20)(H2,17,18,21). The van der Waals surface area contributed by atoms with Gasteiger partial charge in [-0.2, -0.15) is 0 Å². The SMILES string of the molecule is Cc1ccc(C(=O)O)cc1NC(=O)NC1CCCCC1N. The number of carbonyl (C=O) groups excluding carboxylic acids is 1. The van der Waals surface area contributed by atoms with E-state index < -0.39 is 5.97 Å². The highest BCUT2D eigenvalue weighted by Crippen LogP contribution is 2.19. The molecule has 0 aromatic heterocycles. The van der Waals surface area contributed by atoms with Crippen LogP contribution >= 0.6 is 0 Å². The molecule has 1 aromatic rings. The molecule has 0 spiro atoms. The van der Waals surface area contributed by atoms with Crippen molar-refractivity contribution < 1.29 is 14.7 Å². The van der Waals surface area contributed by atoms with E-state index in [4.69, 9.17) is 10.8 Å². The van der Waals surface area contributed by atoms with Gasteiger partial charge in [-0.25, -0.2) is 9.59 Å². The van der Waals surface area contributed by atoms with Crippen molar-refractivity contribution in [2.24, 2.45) is 5.73 Å². The Hall–Kier alpha value is -2.08. The Morgan fingerprint density at radius 1 is 1.29 bits per heavy atom. The summed E-state index contributed by atoms with van der Waals surface area (Å²) in [7, 11) is 0. The van der Waals surface area contributed by atoms with Crippen molar-refractivity contribution in [1.82, 2.24) is 5.32 Å². The number of carbonyl (C=O) groups is 2. The fourth-order valence-corrected chi connectivity index (χ4v) is 2.56. The first-order valence-corrected chi connectivity index (χ1v) is 7.14. The number of hydrogen-bond donors (Lipinski definition) is 4. The smallest absolute Gasteiger partial charge is 0.335 e. The minimum absolute atomic E-state index is 0.0176. The molecule has 2 atom stereocenters. The lowest BCUT2D eigenvalue weighted by molar-refractivity contribution is 0.0697. The van der Waals surface area contributed by atoms with Gasteiger partial charge in [0.15, 0.2) is 0 Å². The van der Waals surface area contributed by atoms with Crippen LogP contribution in [0.1, 0.15) is 41.6 Å². The summed E-state index contributed by atoms with van der Waals surface area (Å²) >= 11 is 0. The number of hydrogen-bond acceptors (Lipinski definition) is 3. The molecule has 6 nitrogen and oxygen atoms in total. The number of carboxylic acids is 1. The maximum Gasteiger partial charge on any atom is 0.335 e. The summed E-state index contributed by atoms with van der Waals surface area (Å²) in [5.74, 6) is -1.02. The number of aromatic carboxylic acids is 1. The van der Waals surface area contributed by atoms with E-state index in [1.807, 2.05) is 6.92 Å². The second-order valence-electron chi connectivity index (χ2n) is 5.49. The van der Waals surface area contributed by atoms with Crippen LogP contribution in [0, 0.1) is 6.92 Å². The van der Waals surface area contributed by atoms with Crippen molar-refractivity contribution in [3.05, 3.63) is 29.3 Å². The Morgan fingerprint density at radius 2 is 2.00 bits per heavy atom. The monoisotopic (exact) mass is 291 g/mol. The van der Waals surface area contributed by atoms with Crippen molar-refractivity contribution in [3.63, 3.8) is 0 Å². The molecule has 1 saturated carbocycles. The molecule has 1 fully saturated rings. The summed E-state index contributed by atoms with van der Waals surface area (Å²) < 4.78 is 0. The van der Waals surface area contributed by atoms with Crippen LogP contribution in [0.15, 0.2) is 18.2 Å². The molecule has 1 aromatic carbocycles. The van der Waals surface area contributed by atoms with Gasteiger partial charge >= 0.3 is 12.0 Å². The maximum absolute atomic E-state index is 12.0. The van der Waals surface area contributed by atoms with Crippen LogP contribution in [0.5, 0.6) is 0 Å². The number of nitrogens with two attached hydrogens (primary N) is 1. The third kappa shape index (κ3) is 3.95. The molecule has 0 heterocycles. The van der Waals surface area contributed by atoms with Gasteiger partial charge in [0.2, 0.25) is 0 Å². The van der Waals surface area contributed by atoms with Gasteiger partial charge in [0, 0.05) is 17.8 Å². The van der Waals surface area contributed by atoms with Gasteiger partial charge in [-0.3, -0.25) is 0 Å². The first kappa shape index (κ1) is 15.3. The summed E-state index contributed by atoms with van der Waals surface area (Å²) in [6, 6.07) is 4.25. The number of amides is 2. The van der Waals surface area contributed by atoms with Gasteiger partial charge in [-0.15, -0.1) is 0 Å². The molecule has 0 aliphatic heterocycles. The minimum atomic E-state index is -1.02. The Bertz CT molecular complexity index is 545. The average Bonchev–Trinajstić information content (AvgIpc) is 2.43. The number of benzene rings is 1. The van der Waals surface area contributed by atoms with Gasteiger partial charge in [0.1, 0.15) is 0 Å². The van der Waals surface area contributed by atoms with Crippen LogP contribution in [0.4, 0.5) is 10.5 Å². The summed E-state index contributed by atoms with van der Waals surface area (Å²) in [6.07, 6.45) is 3.95. The van der Waals surface area contributed by atoms with Crippen molar-refractivity contribution in [2.45, 2.75) is 44.7 Å². The van der Waals surface area contributed by atoms with Crippen molar-refractivity contribution >= 4 is 17.7 Å². The highest BCUT2D eigenvalue weighted by atomic mass is 16.4. The lowest BCUT2D eigenvalue weighted by Gasteiger charge is -2.29. The van der Waals surface area contributed by atoms with Crippen molar-refractivity contribution in [1.29, 1.82) is 0 Å². The normalized spacial score (nSPS) is 21.6. The topological polar surface area (TPSA) is 104 Å². The number of anilines is 1. The zero-order valence-electron chi connectivity index (χ0n) is 12.1. The third-order valence-corrected chi connectivity index (χ3v) is 3.87. The van der Waals surface area contributed by atoms with Crippen LogP contribution in [-0.2, 0) is 0 Å². The molecular weight excluding hydrogens is 270 g/mol. The van der Waals surface area contributed by atoms with Gasteiger partial charge in [-0.05, 0) is 37.5 Å². The van der Waals surface area contributed by atoms with Gasteiger partial charge in [-0.1, -0.05) is 18.9 Å². The molecule has 2 unspecified atom stereocenters. The van der Waals surface area contributed by atoms with Crippen LogP contribution < -0.4 is 16.4 Å². The number of urea groups is 1. The van der Waals surface area contributed by atoms with E-state index in [0.717, 1.165) is 31.2 Å². The van der Waals surface area contributed by atoms with E-state index >= 15 is 0 Å². The van der Waals surface area contributed by atoms with Gasteiger partial charge < -0.3 is 21.5 Å². The van der Waals surface area contributed by atoms with E-state index in [-0.39, 0.29) is 23.7 Å². The van der Waals surface area contributed by atoms with E-state index in [1.165, 1.54) is 12.1 Å². The molecule has 21 heavy (non-hydrogen) atoms. The number of rotatable bonds is 3. The summed E-state index contributed by atoms with van der Waals surface area (Å²) in [6.45, 7) is 1.81. The van der Waals surface area contributed by atoms with Crippen LogP contribution in [0.3, 0.4) is 0 Å². The van der Waals surface area contributed by atoms with Crippen LogP contribution in [-0.4, -0.2) is 29.2 Å². The molecule has 1 aliphatic rings. The van der Waals surface area contributed by atoms with Crippen LogP contribution in [0.2, 0.25) is 0 Å². The summed E-state index contributed by atoms with van der Waals surface area (Å²) in [5.41, 5.74) is 7.44. The average molecular weight is 291 g/mol. The van der Waals surface area contributed by atoms with E-state index in [1.54, 1.807) is 6.07 Å². The molecule has 2 amide bonds. The van der Waals surface area contributed by atoms with E-state index in [0.29, 0.717) is 5.69 Å². The summed E-state index contributed by atoms with van der Waals surface area (Å²) in [4.78, 5) is 23.0. The maximum atomic E-state index is 12.0. The second-order valence-corrected chi connectivity index (χ2v) is 5.49. The molecule has 114 valence electrons. The fraction of sp³-hybridized carbons (Fsp3) is 0.467. The first-order valence-electron chi connectivity index (χ1n) is 7.14. The zero-order chi connectivity index (χ0) is 15.4. The van der Waals surface area contributed by atoms with Gasteiger partial charge in [0.25, 0.3) is 0 Å². The zero-order valence-corrected chi connectivity index (χ0v) is 12.1. The molecular formula is C15H21N3O3. The Balaban J connectivity index is 2.02. The number of nitrogens with one attached hydrogen (secondary N) is 2. The molecule has 1 aliphatic carbocycles. The van der Waals surface area contributed by atoms with E-state index in [2.05, 4.69) is 10.6 Å². The Morgan fingerprint density at radius 3 is 2.67 bits per heavy atom. The first-order chi connectivity index (χ1) is 9.97. The highest BCUT2D eigenvalue weighted by Gasteiger charge is 2.23. The lowest BCUT2D eigenvalue weighted by atomic mass is 9.91. The molecule has 2 rings (SSSR count). The quantitative estimate of drug-likeness (QED) is 0.684. The molecule has 6 heteroatoms. The Kier molecular flexibility index (Phi) is 4.80. The molecule has 5 N–H and O–H groups in total. The third-order valence-electron chi connectivity index (χ3n) is 3.87. The number of aryl methyl sites for hydroxylation is 1.